The van der Waals surface area contributed by atoms with Gasteiger partial charge in [0.25, 0.3) is 0 Å². The van der Waals surface area contributed by atoms with Gasteiger partial charge in [0.2, 0.25) is 11.7 Å². The van der Waals surface area contributed by atoms with Gasteiger partial charge in [0.1, 0.15) is 0 Å². The molecule has 6 atom stereocenters. The van der Waals surface area contributed by atoms with Gasteiger partial charge in [-0.1, -0.05) is 52.3 Å². The number of primary amides is 1. The van der Waals surface area contributed by atoms with Crippen LogP contribution in [0.3, 0.4) is 0 Å². The number of aliphatic hydroxyl groups is 1. The molecule has 0 aliphatic heterocycles. The van der Waals surface area contributed by atoms with Crippen molar-refractivity contribution < 1.29 is 14.7 Å². The van der Waals surface area contributed by atoms with Crippen molar-refractivity contribution in [1.82, 2.24) is 0 Å². The van der Waals surface area contributed by atoms with E-state index in [2.05, 4.69) is 46.8 Å². The quantitative estimate of drug-likeness (QED) is 0.491. The van der Waals surface area contributed by atoms with Crippen molar-refractivity contribution in [3.63, 3.8) is 0 Å². The molecule has 5 rings (SSSR count). The van der Waals surface area contributed by atoms with E-state index in [1.165, 1.54) is 12.0 Å². The molecule has 0 aromatic rings. The van der Waals surface area contributed by atoms with Crippen molar-refractivity contribution in [2.24, 2.45) is 38.7 Å². The second-order valence-corrected chi connectivity index (χ2v) is 13.5. The summed E-state index contributed by atoms with van der Waals surface area (Å²) >= 11 is 0. The van der Waals surface area contributed by atoms with Gasteiger partial charge in [0, 0.05) is 17.4 Å². The van der Waals surface area contributed by atoms with Crippen molar-refractivity contribution in [2.45, 2.75) is 92.9 Å². The Kier molecular flexibility index (Phi) is 4.85. The van der Waals surface area contributed by atoms with Gasteiger partial charge in [-0.05, 0) is 96.7 Å². The van der Waals surface area contributed by atoms with Crippen LogP contribution in [0.2, 0.25) is 0 Å². The first-order chi connectivity index (χ1) is 15.7. The van der Waals surface area contributed by atoms with Crippen LogP contribution in [0.4, 0.5) is 0 Å². The first-order valence-corrected chi connectivity index (χ1v) is 13.1. The molecule has 0 spiro atoms. The minimum atomic E-state index is -0.267. The number of hydrogen-bond acceptors (Lipinski definition) is 3. The van der Waals surface area contributed by atoms with Crippen LogP contribution in [-0.2, 0) is 9.59 Å². The van der Waals surface area contributed by atoms with E-state index in [9.17, 15) is 14.7 Å². The zero-order valence-electron chi connectivity index (χ0n) is 21.8. The average Bonchev–Trinajstić information content (AvgIpc) is 2.75. The first kappa shape index (κ1) is 23.6. The number of amides is 1. The molecule has 5 aliphatic carbocycles. The summed E-state index contributed by atoms with van der Waals surface area (Å²) in [5, 5.41) is 10.3. The zero-order chi connectivity index (χ0) is 24.9. The van der Waals surface area contributed by atoms with Gasteiger partial charge in [-0.15, -0.1) is 0 Å². The van der Waals surface area contributed by atoms with Gasteiger partial charge in [0.15, 0.2) is 5.76 Å². The summed E-state index contributed by atoms with van der Waals surface area (Å²) in [6, 6.07) is 0. The van der Waals surface area contributed by atoms with Crippen LogP contribution in [-0.4, -0.2) is 16.8 Å². The van der Waals surface area contributed by atoms with Crippen LogP contribution in [0.25, 0.3) is 0 Å². The van der Waals surface area contributed by atoms with Crippen molar-refractivity contribution in [2.75, 3.05) is 0 Å². The minimum Gasteiger partial charge on any atom is -0.504 e. The Hall–Kier alpha value is -2.10. The van der Waals surface area contributed by atoms with Gasteiger partial charge in [-0.2, -0.15) is 0 Å². The number of carbonyl (C=O) groups is 2. The maximum absolute atomic E-state index is 12.6. The Morgan fingerprint density at radius 2 is 1.71 bits per heavy atom. The number of aliphatic hydroxyl groups excluding tert-OH is 1. The molecule has 1 amide bonds. The second kappa shape index (κ2) is 6.98. The lowest BCUT2D eigenvalue weighted by Gasteiger charge is -2.70. The smallest absolute Gasteiger partial charge is 0.220 e. The Balaban J connectivity index is 1.61. The molecule has 5 aliphatic rings. The topological polar surface area (TPSA) is 80.4 Å². The van der Waals surface area contributed by atoms with Gasteiger partial charge in [-0.3, -0.25) is 9.59 Å². The molecule has 0 bridgehead atoms. The van der Waals surface area contributed by atoms with Gasteiger partial charge in [0.05, 0.1) is 0 Å². The third-order valence-corrected chi connectivity index (χ3v) is 11.6. The maximum atomic E-state index is 12.6. The van der Waals surface area contributed by atoms with Crippen LogP contribution in [0.5, 0.6) is 0 Å². The number of allylic oxidation sites excluding steroid dienone is 7. The lowest BCUT2D eigenvalue weighted by Crippen LogP contribution is -2.61. The van der Waals surface area contributed by atoms with Crippen molar-refractivity contribution >= 4 is 11.7 Å². The summed E-state index contributed by atoms with van der Waals surface area (Å²) in [6.07, 6.45) is 14.4. The summed E-state index contributed by atoms with van der Waals surface area (Å²) in [7, 11) is 0. The van der Waals surface area contributed by atoms with Crippen LogP contribution < -0.4 is 5.73 Å². The van der Waals surface area contributed by atoms with Crippen LogP contribution in [0, 0.1) is 33.0 Å². The molecule has 0 saturated heterocycles. The number of rotatable bonds is 2. The molecule has 184 valence electrons. The van der Waals surface area contributed by atoms with E-state index in [1.54, 1.807) is 6.08 Å². The number of nitrogens with two attached hydrogens (primary N) is 1. The summed E-state index contributed by atoms with van der Waals surface area (Å²) in [5.41, 5.74) is 10.1. The van der Waals surface area contributed by atoms with E-state index in [1.807, 2.05) is 6.92 Å². The highest BCUT2D eigenvalue weighted by Gasteiger charge is 2.66. The summed E-state index contributed by atoms with van der Waals surface area (Å²) in [5.74, 6) is -0.0392. The molecule has 0 aromatic carbocycles. The highest BCUT2D eigenvalue weighted by atomic mass is 16.3. The Morgan fingerprint density at radius 3 is 2.38 bits per heavy atom. The van der Waals surface area contributed by atoms with Crippen molar-refractivity contribution in [3.05, 3.63) is 46.3 Å². The number of fused-ring (bicyclic) bond motifs is 7. The predicted molar refractivity (Wildman–Crippen MR) is 135 cm³/mol. The fourth-order valence-electron chi connectivity index (χ4n) is 9.11. The lowest BCUT2D eigenvalue weighted by atomic mass is 9.34. The highest BCUT2D eigenvalue weighted by Crippen LogP contribution is 2.75. The molecule has 3 N–H and O–H groups in total. The highest BCUT2D eigenvalue weighted by molar-refractivity contribution is 6.06. The largest absolute Gasteiger partial charge is 0.504 e. The summed E-state index contributed by atoms with van der Waals surface area (Å²) in [4.78, 5) is 24.6. The van der Waals surface area contributed by atoms with Crippen molar-refractivity contribution in [3.8, 4) is 0 Å². The second-order valence-electron chi connectivity index (χ2n) is 13.5. The molecular formula is C30H41NO3. The van der Waals surface area contributed by atoms with Crippen LogP contribution in [0.15, 0.2) is 46.3 Å². The van der Waals surface area contributed by atoms with E-state index in [0.29, 0.717) is 23.3 Å². The maximum Gasteiger partial charge on any atom is 0.220 e. The van der Waals surface area contributed by atoms with E-state index >= 15 is 0 Å². The standard InChI is InChI=1S/C30H41NO3/c1-18-19-7-8-22-28(4,20(19)15-21(32)25(18)34)12-14-30(6)23-16-26(2,17-24(31)33)9-10-27(23,3)11-13-29(22,30)5/h7-8,15,23,34H,9-14,16-17H2,1-6H3,(H2,31,33)/t23-,26-,27-,28+,29-,30+/m1/s1. The third-order valence-electron chi connectivity index (χ3n) is 11.6. The number of hydrogen-bond donors (Lipinski definition) is 2. The molecule has 0 radical (unpaired) electrons. The van der Waals surface area contributed by atoms with Gasteiger partial charge < -0.3 is 10.8 Å². The molecule has 0 aromatic heterocycles. The third kappa shape index (κ3) is 2.89. The molecule has 34 heavy (non-hydrogen) atoms. The van der Waals surface area contributed by atoms with E-state index in [4.69, 9.17) is 5.73 Å². The average molecular weight is 464 g/mol. The fourth-order valence-corrected chi connectivity index (χ4v) is 9.11. The van der Waals surface area contributed by atoms with Crippen molar-refractivity contribution in [1.29, 1.82) is 0 Å². The Labute approximate surface area is 204 Å². The Bertz CT molecular complexity index is 1120. The molecular weight excluding hydrogens is 422 g/mol. The molecule has 3 fully saturated rings. The lowest BCUT2D eigenvalue weighted by molar-refractivity contribution is -0.163. The molecule has 3 saturated carbocycles. The van der Waals surface area contributed by atoms with Gasteiger partial charge in [-0.25, -0.2) is 0 Å². The van der Waals surface area contributed by atoms with Crippen LogP contribution in [0.1, 0.15) is 92.9 Å². The van der Waals surface area contributed by atoms with E-state index in [-0.39, 0.29) is 39.1 Å². The normalized spacial score (nSPS) is 45.8. The predicted octanol–water partition coefficient (Wildman–Crippen LogP) is 6.49. The zero-order valence-corrected chi connectivity index (χ0v) is 21.8. The van der Waals surface area contributed by atoms with E-state index < -0.39 is 0 Å². The SMILES string of the molecule is CC1=C(O)C(=O)C=C2C1=CC=C1[C@@]2(C)CC[C@@]2(C)[C@@H]3C[C@](C)(CC(N)=O)CC[C@]3(C)CC[C@]12C. The number of carbonyl (C=O) groups excluding carboxylic acids is 2. The summed E-state index contributed by atoms with van der Waals surface area (Å²) < 4.78 is 0. The molecule has 4 heteroatoms. The minimum absolute atomic E-state index is 0.0121. The molecule has 4 nitrogen and oxygen atoms in total. The first-order valence-electron chi connectivity index (χ1n) is 13.1. The van der Waals surface area contributed by atoms with E-state index in [0.717, 1.165) is 49.7 Å². The monoisotopic (exact) mass is 463 g/mol. The Morgan fingerprint density at radius 1 is 1.03 bits per heavy atom. The number of ketones is 1. The molecule has 0 unspecified atom stereocenters. The molecule has 0 heterocycles. The summed E-state index contributed by atoms with van der Waals surface area (Å²) in [6.45, 7) is 13.9. The van der Waals surface area contributed by atoms with Crippen LogP contribution >= 0.6 is 0 Å². The fraction of sp³-hybridized carbons (Fsp3) is 0.667. The van der Waals surface area contributed by atoms with Gasteiger partial charge >= 0.3 is 0 Å².